The Kier molecular flexibility index (Phi) is 1.55. The topological polar surface area (TPSA) is 15.8 Å². The van der Waals surface area contributed by atoms with Crippen molar-refractivity contribution in [1.82, 2.24) is 4.98 Å². The van der Waals surface area contributed by atoms with Crippen molar-refractivity contribution in [2.75, 3.05) is 0 Å². The molecule has 0 amide bonds. The standard InChI is InChI=1S/C11H11N/c1-8(2)9-4-3-5-11-10(9)6-7-12-11/h3-5,8,12H,1-2H3. The maximum absolute atomic E-state index is 3.09. The summed E-state index contributed by atoms with van der Waals surface area (Å²) in [6, 6.07) is 9.35. The number of H-pyrrole nitrogens is 1. The maximum Gasteiger partial charge on any atom is 0.0619 e. The lowest BCUT2D eigenvalue weighted by atomic mass is 10.00. The molecule has 0 radical (unpaired) electrons. The van der Waals surface area contributed by atoms with Gasteiger partial charge >= 0.3 is 0 Å². The summed E-state index contributed by atoms with van der Waals surface area (Å²) in [5, 5.41) is 1.17. The number of fused-ring (bicyclic) bond motifs is 1. The summed E-state index contributed by atoms with van der Waals surface area (Å²) in [5.74, 6) is 0.550. The Morgan fingerprint density at radius 1 is 1.33 bits per heavy atom. The third-order valence-corrected chi connectivity index (χ3v) is 2.10. The molecule has 1 N–H and O–H groups in total. The number of nitrogens with one attached hydrogen (secondary N) is 1. The van der Waals surface area contributed by atoms with E-state index in [4.69, 9.17) is 0 Å². The van der Waals surface area contributed by atoms with E-state index in [-0.39, 0.29) is 0 Å². The zero-order valence-electron chi connectivity index (χ0n) is 7.31. The molecular formula is C11H11N. The summed E-state index contributed by atoms with van der Waals surface area (Å²) >= 11 is 0. The number of hydrogen-bond donors (Lipinski definition) is 1. The highest BCUT2D eigenvalue weighted by Gasteiger charge is 2.03. The number of aromatic amines is 1. The van der Waals surface area contributed by atoms with Gasteiger partial charge in [-0.3, -0.25) is 0 Å². The fourth-order valence-corrected chi connectivity index (χ4v) is 1.46. The van der Waals surface area contributed by atoms with E-state index in [2.05, 4.69) is 43.2 Å². The van der Waals surface area contributed by atoms with Crippen LogP contribution in [0.4, 0.5) is 0 Å². The molecule has 12 heavy (non-hydrogen) atoms. The molecule has 0 aliphatic carbocycles. The van der Waals surface area contributed by atoms with Gasteiger partial charge in [-0.25, -0.2) is 0 Å². The summed E-state index contributed by atoms with van der Waals surface area (Å²) in [5.41, 5.74) is 2.46. The van der Waals surface area contributed by atoms with Gasteiger partial charge in [-0.2, -0.15) is 0 Å². The molecule has 60 valence electrons. The molecule has 1 aromatic carbocycles. The monoisotopic (exact) mass is 157 g/mol. The van der Waals surface area contributed by atoms with Crippen molar-refractivity contribution in [2.24, 2.45) is 0 Å². The van der Waals surface area contributed by atoms with E-state index in [1.54, 1.807) is 0 Å². The van der Waals surface area contributed by atoms with Gasteiger partial charge in [-0.1, -0.05) is 26.0 Å². The Labute approximate surface area is 72.4 Å². The quantitative estimate of drug-likeness (QED) is 0.655. The number of hydrogen-bond acceptors (Lipinski definition) is 0. The van der Waals surface area contributed by atoms with Crippen LogP contribution < -0.4 is 0 Å². The molecule has 0 saturated heterocycles. The van der Waals surface area contributed by atoms with Crippen LogP contribution in [0.25, 0.3) is 10.9 Å². The van der Waals surface area contributed by atoms with Gasteiger partial charge in [0.25, 0.3) is 0 Å². The number of aromatic nitrogens is 1. The molecule has 1 heterocycles. The van der Waals surface area contributed by atoms with Crippen LogP contribution in [0.3, 0.4) is 0 Å². The van der Waals surface area contributed by atoms with Crippen LogP contribution in [0.2, 0.25) is 0 Å². The Hall–Kier alpha value is -1.42. The lowest BCUT2D eigenvalue weighted by Gasteiger charge is -2.04. The average Bonchev–Trinajstić information content (AvgIpc) is 2.49. The molecule has 0 atom stereocenters. The van der Waals surface area contributed by atoms with E-state index in [1.807, 2.05) is 6.07 Å². The first-order valence-electron chi connectivity index (χ1n) is 4.19. The molecule has 0 aliphatic rings. The third-order valence-electron chi connectivity index (χ3n) is 2.10. The molecule has 1 aromatic heterocycles. The fraction of sp³-hybridized carbons (Fsp3) is 0.273. The van der Waals surface area contributed by atoms with Crippen LogP contribution >= 0.6 is 0 Å². The van der Waals surface area contributed by atoms with Crippen LogP contribution in [0, 0.1) is 12.3 Å². The van der Waals surface area contributed by atoms with Crippen LogP contribution in [0.5, 0.6) is 0 Å². The zero-order chi connectivity index (χ0) is 8.55. The van der Waals surface area contributed by atoms with Gasteiger partial charge in [0.05, 0.1) is 10.9 Å². The second-order valence-electron chi connectivity index (χ2n) is 3.30. The van der Waals surface area contributed by atoms with Gasteiger partial charge in [0.2, 0.25) is 0 Å². The Bertz CT molecular complexity index is 385. The van der Waals surface area contributed by atoms with Crippen molar-refractivity contribution >= 4 is 10.9 Å². The number of rotatable bonds is 1. The molecule has 2 aromatic rings. The lowest BCUT2D eigenvalue weighted by Crippen LogP contribution is -1.86. The Morgan fingerprint density at radius 2 is 2.17 bits per heavy atom. The van der Waals surface area contributed by atoms with Crippen molar-refractivity contribution in [1.29, 1.82) is 0 Å². The smallest absolute Gasteiger partial charge is 0.0619 e. The summed E-state index contributed by atoms with van der Waals surface area (Å²) in [6.07, 6.45) is 2.88. The first-order chi connectivity index (χ1) is 5.79. The van der Waals surface area contributed by atoms with Gasteiger partial charge in [0, 0.05) is 6.20 Å². The van der Waals surface area contributed by atoms with Gasteiger partial charge in [-0.15, -0.1) is 0 Å². The Morgan fingerprint density at radius 3 is 2.92 bits per heavy atom. The highest BCUT2D eigenvalue weighted by molar-refractivity contribution is 5.81. The summed E-state index contributed by atoms with van der Waals surface area (Å²) in [7, 11) is 0. The molecule has 0 spiro atoms. The average molecular weight is 157 g/mol. The second-order valence-corrected chi connectivity index (χ2v) is 3.30. The highest BCUT2D eigenvalue weighted by atomic mass is 14.6. The number of benzene rings is 1. The van der Waals surface area contributed by atoms with Gasteiger partial charge in [0.1, 0.15) is 0 Å². The molecule has 0 aliphatic heterocycles. The van der Waals surface area contributed by atoms with Crippen LogP contribution in [-0.2, 0) is 0 Å². The summed E-state index contributed by atoms with van der Waals surface area (Å²) < 4.78 is 0. The minimum absolute atomic E-state index is 0.550. The highest BCUT2D eigenvalue weighted by Crippen LogP contribution is 2.22. The van der Waals surface area contributed by atoms with E-state index in [0.717, 1.165) is 5.52 Å². The molecule has 1 heteroatoms. The van der Waals surface area contributed by atoms with Crippen molar-refractivity contribution < 1.29 is 0 Å². The second kappa shape index (κ2) is 2.57. The van der Waals surface area contributed by atoms with Gasteiger partial charge in [0.15, 0.2) is 0 Å². The third kappa shape index (κ3) is 0.967. The van der Waals surface area contributed by atoms with E-state index in [1.165, 1.54) is 10.9 Å². The van der Waals surface area contributed by atoms with E-state index >= 15 is 0 Å². The summed E-state index contributed by atoms with van der Waals surface area (Å²) in [4.78, 5) is 3.03. The molecule has 0 bridgehead atoms. The van der Waals surface area contributed by atoms with Crippen LogP contribution in [0.15, 0.2) is 18.2 Å². The van der Waals surface area contributed by atoms with Crippen molar-refractivity contribution in [3.8, 4) is 0 Å². The Balaban J connectivity index is 2.73. The van der Waals surface area contributed by atoms with Gasteiger partial charge in [-0.05, 0) is 23.6 Å². The minimum atomic E-state index is 0.550. The lowest BCUT2D eigenvalue weighted by molar-refractivity contribution is 0.876. The van der Waals surface area contributed by atoms with E-state index < -0.39 is 0 Å². The maximum atomic E-state index is 3.09. The summed E-state index contributed by atoms with van der Waals surface area (Å²) in [6.45, 7) is 4.38. The van der Waals surface area contributed by atoms with Crippen molar-refractivity contribution in [3.63, 3.8) is 0 Å². The zero-order valence-corrected chi connectivity index (χ0v) is 7.31. The first kappa shape index (κ1) is 7.24. The molecule has 0 unspecified atom stereocenters. The van der Waals surface area contributed by atoms with Crippen molar-refractivity contribution in [2.45, 2.75) is 19.8 Å². The predicted octanol–water partition coefficient (Wildman–Crippen LogP) is 2.89. The molecule has 2 rings (SSSR count). The first-order valence-corrected chi connectivity index (χ1v) is 4.19. The van der Waals surface area contributed by atoms with Crippen LogP contribution in [0.1, 0.15) is 25.3 Å². The fourth-order valence-electron chi connectivity index (χ4n) is 1.46. The van der Waals surface area contributed by atoms with E-state index in [9.17, 15) is 0 Å². The van der Waals surface area contributed by atoms with Gasteiger partial charge < -0.3 is 4.98 Å². The molecule has 0 fully saturated rings. The van der Waals surface area contributed by atoms with E-state index in [0.29, 0.717) is 5.92 Å². The largest absolute Gasteiger partial charge is 0.313 e. The molecule has 0 saturated carbocycles. The van der Waals surface area contributed by atoms with Crippen LogP contribution in [-0.4, -0.2) is 4.98 Å². The molecular weight excluding hydrogens is 146 g/mol. The minimum Gasteiger partial charge on any atom is -0.313 e. The van der Waals surface area contributed by atoms with Crippen molar-refractivity contribution in [3.05, 3.63) is 36.0 Å². The molecule has 1 nitrogen and oxygen atoms in total. The predicted molar refractivity (Wildman–Crippen MR) is 50.1 cm³/mol. The SMILES string of the molecule is CC(C)c1cccc2[nH]c#cc12. The normalized spacial score (nSPS) is 10.6.